The van der Waals surface area contributed by atoms with Crippen molar-refractivity contribution in [3.05, 3.63) is 62.6 Å². The maximum absolute atomic E-state index is 12.7. The summed E-state index contributed by atoms with van der Waals surface area (Å²) in [5.74, 6) is 0.419. The number of rotatable bonds is 5. The van der Waals surface area contributed by atoms with Gasteiger partial charge in [0.2, 0.25) is 0 Å². The van der Waals surface area contributed by atoms with Gasteiger partial charge in [0.25, 0.3) is 5.69 Å². The molecule has 1 aliphatic rings. The van der Waals surface area contributed by atoms with Crippen molar-refractivity contribution in [2.75, 3.05) is 20.3 Å². The number of fused-ring (bicyclic) bond motifs is 1. The molecule has 0 spiro atoms. The van der Waals surface area contributed by atoms with Gasteiger partial charge in [-0.2, -0.15) is 0 Å². The Morgan fingerprint density at radius 3 is 2.75 bits per heavy atom. The summed E-state index contributed by atoms with van der Waals surface area (Å²) >= 11 is 4.50. The van der Waals surface area contributed by atoms with Gasteiger partial charge in [-0.3, -0.25) is 14.8 Å². The number of amides is 2. The van der Waals surface area contributed by atoms with Crippen LogP contribution in [0.5, 0.6) is 5.75 Å². The average Bonchev–Trinajstić information content (AvgIpc) is 2.70. The molecule has 1 heterocycles. The maximum Gasteiger partial charge on any atom is 0.327 e. The van der Waals surface area contributed by atoms with E-state index < -0.39 is 4.92 Å². The Kier molecular flexibility index (Phi) is 6.42. The monoisotopic (exact) mass is 467 g/mol. The molecule has 10 heteroatoms. The second kappa shape index (κ2) is 8.80. The van der Waals surface area contributed by atoms with Crippen LogP contribution in [0, 0.1) is 16.0 Å². The second-order valence-corrected chi connectivity index (χ2v) is 8.05. The predicted octanol–water partition coefficient (Wildman–Crippen LogP) is 3.75. The molecule has 2 aromatic carbocycles. The lowest BCUT2D eigenvalue weighted by molar-refractivity contribution is -0.384. The smallest absolute Gasteiger partial charge is 0.327 e. The highest BCUT2D eigenvalue weighted by Crippen LogP contribution is 2.40. The molecule has 0 bridgehead atoms. The number of ether oxygens (including phenoxy) is 1. The normalized spacial score (nSPS) is 18.0. The minimum Gasteiger partial charge on any atom is -0.493 e. The zero-order valence-electron chi connectivity index (χ0n) is 14.9. The molecule has 0 fully saturated rings. The molecule has 1 aliphatic heterocycles. The van der Waals surface area contributed by atoms with E-state index in [1.807, 2.05) is 18.2 Å². The van der Waals surface area contributed by atoms with Gasteiger partial charge in [-0.1, -0.05) is 15.9 Å². The number of carbonyl (C=O) groups is 1. The van der Waals surface area contributed by atoms with Crippen molar-refractivity contribution in [1.29, 1.82) is 0 Å². The summed E-state index contributed by atoms with van der Waals surface area (Å²) in [4.78, 5) is 25.1. The Labute approximate surface area is 174 Å². The van der Waals surface area contributed by atoms with Gasteiger partial charge in [-0.15, -0.1) is 0 Å². The number of urea groups is 1. The van der Waals surface area contributed by atoms with E-state index in [2.05, 4.69) is 20.7 Å². The first kappa shape index (κ1) is 20.4. The van der Waals surface area contributed by atoms with Crippen molar-refractivity contribution < 1.29 is 19.6 Å². The van der Waals surface area contributed by atoms with Crippen molar-refractivity contribution >= 4 is 39.6 Å². The van der Waals surface area contributed by atoms with E-state index in [9.17, 15) is 20.0 Å². The molecule has 2 unspecified atom stereocenters. The molecule has 0 aliphatic carbocycles. The number of nitro groups is 1. The molecular weight excluding hydrogens is 450 g/mol. The van der Waals surface area contributed by atoms with Gasteiger partial charge in [0.15, 0.2) is 0 Å². The zero-order chi connectivity index (χ0) is 20.3. The van der Waals surface area contributed by atoms with Gasteiger partial charge in [0, 0.05) is 40.0 Å². The topological polar surface area (TPSA) is 105 Å². The Balaban J connectivity index is 1.73. The fraction of sp³-hybridized carbons (Fsp3) is 0.278. The summed E-state index contributed by atoms with van der Waals surface area (Å²) in [6, 6.07) is 10.8. The highest BCUT2D eigenvalue weighted by Gasteiger charge is 2.35. The lowest BCUT2D eigenvalue weighted by Crippen LogP contribution is -2.44. The molecular formula is C18H18BrN3O5S. The van der Waals surface area contributed by atoms with Gasteiger partial charge in [0.05, 0.1) is 24.2 Å². The highest BCUT2D eigenvalue weighted by molar-refractivity contribution is 9.10. The minimum atomic E-state index is -0.476. The summed E-state index contributed by atoms with van der Waals surface area (Å²) in [7, 11) is 1.66. The Bertz CT molecular complexity index is 880. The average molecular weight is 468 g/mol. The third-order valence-electron chi connectivity index (χ3n) is 4.47. The van der Waals surface area contributed by atoms with Gasteiger partial charge in [0.1, 0.15) is 5.75 Å². The van der Waals surface area contributed by atoms with Crippen molar-refractivity contribution in [2.24, 2.45) is 5.92 Å². The molecule has 2 amide bonds. The number of aliphatic hydroxyl groups excluding tert-OH is 1. The van der Waals surface area contributed by atoms with E-state index in [1.54, 1.807) is 19.2 Å². The fourth-order valence-electron chi connectivity index (χ4n) is 3.04. The largest absolute Gasteiger partial charge is 0.493 e. The van der Waals surface area contributed by atoms with Gasteiger partial charge in [-0.05, 0) is 42.3 Å². The minimum absolute atomic E-state index is 0.0111. The molecule has 2 N–H and O–H groups in total. The summed E-state index contributed by atoms with van der Waals surface area (Å²) in [5.41, 5.74) is 0.806. The second-order valence-electron chi connectivity index (χ2n) is 6.25. The molecule has 0 saturated heterocycles. The van der Waals surface area contributed by atoms with Crippen LogP contribution < -0.4 is 9.46 Å². The predicted molar refractivity (Wildman–Crippen MR) is 108 cm³/mol. The quantitative estimate of drug-likeness (QED) is 0.394. The van der Waals surface area contributed by atoms with Crippen LogP contribution in [0.4, 0.5) is 10.5 Å². The third-order valence-corrected chi connectivity index (χ3v) is 5.74. The van der Waals surface area contributed by atoms with Gasteiger partial charge >= 0.3 is 6.03 Å². The lowest BCUT2D eigenvalue weighted by atomic mass is 9.90. The Hall–Kier alpha value is -2.30. The van der Waals surface area contributed by atoms with Crippen LogP contribution in [0.15, 0.2) is 51.8 Å². The van der Waals surface area contributed by atoms with Crippen LogP contribution >= 0.6 is 27.9 Å². The number of benzene rings is 2. The van der Waals surface area contributed by atoms with E-state index in [0.29, 0.717) is 17.3 Å². The fourth-order valence-corrected chi connectivity index (χ4v) is 4.04. The number of hydrogen-bond acceptors (Lipinski definition) is 6. The number of aliphatic hydroxyl groups is 1. The van der Waals surface area contributed by atoms with Crippen LogP contribution in [-0.2, 0) is 0 Å². The molecule has 0 aromatic heterocycles. The van der Waals surface area contributed by atoms with Crippen LogP contribution in [0.3, 0.4) is 0 Å². The first-order chi connectivity index (χ1) is 13.4. The van der Waals surface area contributed by atoms with E-state index in [4.69, 9.17) is 4.74 Å². The molecule has 0 saturated carbocycles. The number of non-ortho nitro benzene ring substituents is 1. The summed E-state index contributed by atoms with van der Waals surface area (Å²) in [6.45, 7) is 0.187. The number of nitrogens with one attached hydrogen (secondary N) is 1. The molecule has 2 aromatic rings. The number of carbonyl (C=O) groups excluding carboxylic acids is 1. The van der Waals surface area contributed by atoms with Crippen LogP contribution in [0.25, 0.3) is 0 Å². The van der Waals surface area contributed by atoms with Crippen LogP contribution in [0.1, 0.15) is 11.6 Å². The number of nitro benzene ring substituents is 1. The highest BCUT2D eigenvalue weighted by atomic mass is 79.9. The van der Waals surface area contributed by atoms with Gasteiger partial charge in [-0.25, -0.2) is 4.79 Å². The van der Waals surface area contributed by atoms with E-state index in [0.717, 1.165) is 22.0 Å². The summed E-state index contributed by atoms with van der Waals surface area (Å²) < 4.78 is 9.29. The SMILES string of the molecule is CN(C(=O)NSc1ccc([N+](=O)[O-])cc1)C1c2cc(Br)ccc2OCC1CO. The lowest BCUT2D eigenvalue weighted by Gasteiger charge is -2.38. The van der Waals surface area contributed by atoms with E-state index >= 15 is 0 Å². The summed E-state index contributed by atoms with van der Waals surface area (Å²) in [5, 5.41) is 20.5. The maximum atomic E-state index is 12.7. The molecule has 0 radical (unpaired) electrons. The van der Waals surface area contributed by atoms with Crippen molar-refractivity contribution in [3.63, 3.8) is 0 Å². The standard InChI is InChI=1S/C18H18BrN3O5S/c1-21(18(24)20-28-14-5-3-13(4-6-14)22(25)26)17-11(9-23)10-27-16-7-2-12(19)8-15(16)17/h2-8,11,17,23H,9-10H2,1H3,(H,20,24). The van der Waals surface area contributed by atoms with Crippen LogP contribution in [0.2, 0.25) is 0 Å². The van der Waals surface area contributed by atoms with E-state index in [-0.39, 0.29) is 30.3 Å². The number of hydrogen-bond donors (Lipinski definition) is 2. The first-order valence-electron chi connectivity index (χ1n) is 8.38. The van der Waals surface area contributed by atoms with Crippen molar-refractivity contribution in [3.8, 4) is 5.75 Å². The van der Waals surface area contributed by atoms with Crippen LogP contribution in [-0.4, -0.2) is 41.2 Å². The Morgan fingerprint density at radius 1 is 1.39 bits per heavy atom. The third kappa shape index (κ3) is 4.40. The van der Waals surface area contributed by atoms with E-state index in [1.165, 1.54) is 17.0 Å². The number of halogens is 1. The van der Waals surface area contributed by atoms with Crippen molar-refractivity contribution in [2.45, 2.75) is 10.9 Å². The van der Waals surface area contributed by atoms with Gasteiger partial charge < -0.3 is 14.7 Å². The summed E-state index contributed by atoms with van der Waals surface area (Å²) in [6.07, 6.45) is 0. The molecule has 8 nitrogen and oxygen atoms in total. The molecule has 2 atom stereocenters. The number of nitrogens with zero attached hydrogens (tertiary/aromatic N) is 2. The Morgan fingerprint density at radius 2 is 2.11 bits per heavy atom. The van der Waals surface area contributed by atoms with Crippen molar-refractivity contribution in [1.82, 2.24) is 9.62 Å². The molecule has 3 rings (SSSR count). The molecule has 28 heavy (non-hydrogen) atoms. The zero-order valence-corrected chi connectivity index (χ0v) is 17.3. The molecule has 148 valence electrons. The first-order valence-corrected chi connectivity index (χ1v) is 9.99.